The van der Waals surface area contributed by atoms with E-state index < -0.39 is 11.7 Å². The molecule has 120 valence electrons. The number of allylic oxidation sites excluding steroid dienone is 1. The van der Waals surface area contributed by atoms with Gasteiger partial charge in [0, 0.05) is 18.4 Å². The molecule has 0 fully saturated rings. The molecule has 1 aromatic rings. The van der Waals surface area contributed by atoms with E-state index in [0.29, 0.717) is 6.54 Å². The third-order valence-corrected chi connectivity index (χ3v) is 2.60. The van der Waals surface area contributed by atoms with Gasteiger partial charge < -0.3 is 15.4 Å². The van der Waals surface area contributed by atoms with Crippen LogP contribution in [0.4, 0.5) is 10.5 Å². The summed E-state index contributed by atoms with van der Waals surface area (Å²) in [6.07, 6.45) is 0.865. The Morgan fingerprint density at radius 2 is 1.91 bits per heavy atom. The Kier molecular flexibility index (Phi) is 6.17. The van der Waals surface area contributed by atoms with Gasteiger partial charge in [-0.15, -0.1) is 0 Å². The average molecular weight is 312 g/mol. The fraction of sp³-hybridized carbons (Fsp3) is 0.353. The highest BCUT2D eigenvalue weighted by atomic mass is 16.6. The first-order valence-corrected chi connectivity index (χ1v) is 7.08. The predicted octanol–water partition coefficient (Wildman–Crippen LogP) is 3.36. The van der Waals surface area contributed by atoms with Crippen LogP contribution >= 0.6 is 0 Å². The van der Waals surface area contributed by atoms with Gasteiger partial charge in [-0.3, -0.25) is 0 Å². The van der Waals surface area contributed by atoms with Crippen LogP contribution in [-0.2, 0) is 11.3 Å². The van der Waals surface area contributed by atoms with Crippen molar-refractivity contribution in [3.63, 3.8) is 0 Å². The van der Waals surface area contributed by atoms with E-state index in [0.717, 1.165) is 16.8 Å². The Hall–Kier alpha value is -2.99. The fourth-order valence-electron chi connectivity index (χ4n) is 1.78. The molecule has 0 atom stereocenters. The third kappa shape index (κ3) is 7.01. The predicted molar refractivity (Wildman–Crippen MR) is 87.2 cm³/mol. The molecule has 1 rings (SSSR count). The molecule has 0 bridgehead atoms. The topological polar surface area (TPSA) is 97.9 Å². The van der Waals surface area contributed by atoms with Crippen molar-refractivity contribution in [2.24, 2.45) is 0 Å². The number of hydrogen-bond donors (Lipinski definition) is 2. The molecule has 2 N–H and O–H groups in total. The Morgan fingerprint density at radius 3 is 2.48 bits per heavy atom. The van der Waals surface area contributed by atoms with Gasteiger partial charge in [-0.25, -0.2) is 4.79 Å². The van der Waals surface area contributed by atoms with Gasteiger partial charge in [-0.05, 0) is 51.0 Å². The number of amides is 1. The first kappa shape index (κ1) is 18.1. The summed E-state index contributed by atoms with van der Waals surface area (Å²) in [5, 5.41) is 23.0. The van der Waals surface area contributed by atoms with Crippen LogP contribution < -0.4 is 10.6 Å². The molecule has 0 spiro atoms. The highest BCUT2D eigenvalue weighted by Gasteiger charge is 2.15. The molecule has 0 unspecified atom stereocenters. The molecule has 6 heteroatoms. The van der Waals surface area contributed by atoms with E-state index >= 15 is 0 Å². The maximum absolute atomic E-state index is 11.7. The number of benzene rings is 1. The summed E-state index contributed by atoms with van der Waals surface area (Å²) in [6.45, 7) is 7.64. The summed E-state index contributed by atoms with van der Waals surface area (Å²) < 4.78 is 5.18. The fourth-order valence-corrected chi connectivity index (χ4v) is 1.78. The van der Waals surface area contributed by atoms with Gasteiger partial charge in [0.15, 0.2) is 0 Å². The zero-order valence-corrected chi connectivity index (χ0v) is 13.7. The molecule has 6 nitrogen and oxygen atoms in total. The van der Waals surface area contributed by atoms with E-state index in [-0.39, 0.29) is 5.57 Å². The Labute approximate surface area is 136 Å². The number of carbonyl (C=O) groups excluding carboxylic acids is 1. The Balaban J connectivity index is 2.75. The zero-order chi connectivity index (χ0) is 17.5. The van der Waals surface area contributed by atoms with Crippen molar-refractivity contribution in [2.45, 2.75) is 39.8 Å². The largest absolute Gasteiger partial charge is 0.444 e. The maximum atomic E-state index is 11.7. The van der Waals surface area contributed by atoms with Gasteiger partial charge in [-0.2, -0.15) is 10.5 Å². The van der Waals surface area contributed by atoms with Crippen LogP contribution in [0.25, 0.3) is 0 Å². The molecule has 0 aliphatic rings. The average Bonchev–Trinajstić information content (AvgIpc) is 2.44. The molecular formula is C17H20N4O2. The molecule has 0 saturated carbocycles. The Bertz CT molecular complexity index is 672. The number of nitrogens with zero attached hydrogens (tertiary/aromatic N) is 2. The molecule has 0 radical (unpaired) electrons. The molecule has 1 aromatic carbocycles. The van der Waals surface area contributed by atoms with Crippen LogP contribution in [0.3, 0.4) is 0 Å². The van der Waals surface area contributed by atoms with Crippen molar-refractivity contribution in [1.82, 2.24) is 5.32 Å². The summed E-state index contributed by atoms with van der Waals surface area (Å²) in [5.74, 6) is 0. The number of carbonyl (C=O) groups is 1. The molecule has 0 aromatic heterocycles. The smallest absolute Gasteiger partial charge is 0.407 e. The second kappa shape index (κ2) is 7.86. The monoisotopic (exact) mass is 312 g/mol. The lowest BCUT2D eigenvalue weighted by molar-refractivity contribution is 0.0523. The first-order valence-electron chi connectivity index (χ1n) is 7.08. The lowest BCUT2D eigenvalue weighted by atomic mass is 10.1. The zero-order valence-electron chi connectivity index (χ0n) is 13.7. The minimum absolute atomic E-state index is 0.0139. The van der Waals surface area contributed by atoms with Crippen molar-refractivity contribution in [2.75, 3.05) is 5.32 Å². The molecule has 0 heterocycles. The van der Waals surface area contributed by atoms with E-state index in [1.807, 2.05) is 25.1 Å². The third-order valence-electron chi connectivity index (χ3n) is 2.60. The number of aryl methyl sites for hydroxylation is 1. The van der Waals surface area contributed by atoms with Crippen LogP contribution in [0.1, 0.15) is 31.9 Å². The van der Waals surface area contributed by atoms with Crippen molar-refractivity contribution in [3.05, 3.63) is 41.1 Å². The second-order valence-corrected chi connectivity index (χ2v) is 5.99. The van der Waals surface area contributed by atoms with Crippen LogP contribution in [-0.4, -0.2) is 11.7 Å². The maximum Gasteiger partial charge on any atom is 0.407 e. The first-order chi connectivity index (χ1) is 10.7. The number of hydrogen-bond acceptors (Lipinski definition) is 5. The van der Waals surface area contributed by atoms with E-state index in [9.17, 15) is 4.79 Å². The highest BCUT2D eigenvalue weighted by molar-refractivity contribution is 5.67. The van der Waals surface area contributed by atoms with E-state index in [2.05, 4.69) is 10.6 Å². The summed E-state index contributed by atoms with van der Waals surface area (Å²) in [6, 6.07) is 9.19. The standard InChI is InChI=1S/C17H20N4O2/c1-12-5-13(10-21-16(22)23-17(2,3)4)7-15(6-12)20-11-14(8-18)9-19/h5-7,11,20H,10H2,1-4H3,(H,21,22). The molecular weight excluding hydrogens is 292 g/mol. The number of alkyl carbamates (subject to hydrolysis) is 1. The van der Waals surface area contributed by atoms with E-state index in [4.69, 9.17) is 15.3 Å². The van der Waals surface area contributed by atoms with Crippen molar-refractivity contribution in [3.8, 4) is 12.1 Å². The van der Waals surface area contributed by atoms with Crippen LogP contribution in [0, 0.1) is 29.6 Å². The minimum Gasteiger partial charge on any atom is -0.444 e. The number of anilines is 1. The number of nitriles is 2. The molecule has 0 aliphatic carbocycles. The summed E-state index contributed by atoms with van der Waals surface area (Å²) in [4.78, 5) is 11.7. The molecule has 1 amide bonds. The van der Waals surface area contributed by atoms with Gasteiger partial charge in [-0.1, -0.05) is 6.07 Å². The lowest BCUT2D eigenvalue weighted by Gasteiger charge is -2.19. The molecule has 0 saturated heterocycles. The number of rotatable bonds is 4. The summed E-state index contributed by atoms with van der Waals surface area (Å²) in [7, 11) is 0. The minimum atomic E-state index is -0.542. The van der Waals surface area contributed by atoms with Gasteiger partial charge in [0.1, 0.15) is 23.3 Å². The van der Waals surface area contributed by atoms with Crippen molar-refractivity contribution < 1.29 is 9.53 Å². The van der Waals surface area contributed by atoms with Gasteiger partial charge in [0.25, 0.3) is 0 Å². The highest BCUT2D eigenvalue weighted by Crippen LogP contribution is 2.15. The van der Waals surface area contributed by atoms with E-state index in [1.165, 1.54) is 6.20 Å². The van der Waals surface area contributed by atoms with Crippen LogP contribution in [0.2, 0.25) is 0 Å². The van der Waals surface area contributed by atoms with E-state index in [1.54, 1.807) is 32.9 Å². The van der Waals surface area contributed by atoms with Crippen molar-refractivity contribution >= 4 is 11.8 Å². The van der Waals surface area contributed by atoms with Crippen LogP contribution in [0.5, 0.6) is 0 Å². The number of nitrogens with one attached hydrogen (secondary N) is 2. The van der Waals surface area contributed by atoms with Crippen molar-refractivity contribution in [1.29, 1.82) is 10.5 Å². The van der Waals surface area contributed by atoms with Gasteiger partial charge >= 0.3 is 6.09 Å². The normalized spacial score (nSPS) is 10.0. The summed E-state index contributed by atoms with van der Waals surface area (Å²) >= 11 is 0. The Morgan fingerprint density at radius 1 is 1.26 bits per heavy atom. The number of ether oxygens (including phenoxy) is 1. The summed E-state index contributed by atoms with van der Waals surface area (Å²) in [5.41, 5.74) is 2.04. The quantitative estimate of drug-likeness (QED) is 0.831. The SMILES string of the molecule is Cc1cc(CNC(=O)OC(C)(C)C)cc(NC=C(C#N)C#N)c1. The molecule has 0 aliphatic heterocycles. The lowest BCUT2D eigenvalue weighted by Crippen LogP contribution is -2.32. The van der Waals surface area contributed by atoms with Gasteiger partial charge in [0.05, 0.1) is 0 Å². The second-order valence-electron chi connectivity index (χ2n) is 5.99. The molecule has 23 heavy (non-hydrogen) atoms. The van der Waals surface area contributed by atoms with Crippen LogP contribution in [0.15, 0.2) is 30.0 Å². The van der Waals surface area contributed by atoms with Gasteiger partial charge in [0.2, 0.25) is 0 Å².